The third-order valence-corrected chi connectivity index (χ3v) is 3.11. The van der Waals surface area contributed by atoms with Crippen LogP contribution in [0.5, 0.6) is 0 Å². The lowest BCUT2D eigenvalue weighted by molar-refractivity contribution is -0.123. The minimum absolute atomic E-state index is 0.0200. The second-order valence-electron chi connectivity index (χ2n) is 3.52. The number of imide groups is 1. The van der Waals surface area contributed by atoms with Crippen molar-refractivity contribution in [2.24, 2.45) is 5.73 Å². The van der Waals surface area contributed by atoms with Crippen molar-refractivity contribution in [3.05, 3.63) is 34.3 Å². The average molecular weight is 284 g/mol. The molecule has 2 rings (SSSR count). The Kier molecular flexibility index (Phi) is 2.69. The summed E-state index contributed by atoms with van der Waals surface area (Å²) in [6.07, 6.45) is 0. The van der Waals surface area contributed by atoms with E-state index in [4.69, 9.17) is 5.73 Å². The fraction of sp³-hybridized carbons (Fsp3) is 0.200. The highest BCUT2D eigenvalue weighted by Gasteiger charge is 2.46. The van der Waals surface area contributed by atoms with Crippen LogP contribution in [-0.2, 0) is 10.3 Å². The number of hydrogen-bond acceptors (Lipinski definition) is 3. The van der Waals surface area contributed by atoms with Crippen LogP contribution in [-0.4, -0.2) is 18.5 Å². The molecule has 1 aliphatic rings. The molecule has 1 aliphatic heterocycles. The molecule has 1 aromatic carbocycles. The third-order valence-electron chi connectivity index (χ3n) is 2.58. The molecule has 1 aromatic rings. The maximum atomic E-state index is 11.7. The van der Waals surface area contributed by atoms with Gasteiger partial charge in [-0.25, -0.2) is 4.79 Å². The van der Waals surface area contributed by atoms with Gasteiger partial charge in [-0.3, -0.25) is 10.1 Å². The molecule has 5 nitrogen and oxygen atoms in total. The SMILES string of the molecule is NCC1(c2ccc(Br)cc2)NC(=O)NC1=O. The summed E-state index contributed by atoms with van der Waals surface area (Å²) < 4.78 is 0.896. The number of nitrogens with two attached hydrogens (primary N) is 1. The van der Waals surface area contributed by atoms with Crippen LogP contribution in [0.3, 0.4) is 0 Å². The first-order chi connectivity index (χ1) is 7.58. The number of hydrogen-bond donors (Lipinski definition) is 3. The van der Waals surface area contributed by atoms with E-state index >= 15 is 0 Å². The number of rotatable bonds is 2. The second-order valence-corrected chi connectivity index (χ2v) is 4.44. The van der Waals surface area contributed by atoms with Crippen LogP contribution in [0, 0.1) is 0 Å². The first-order valence-electron chi connectivity index (χ1n) is 4.68. The molecule has 0 aliphatic carbocycles. The molecule has 1 fully saturated rings. The highest BCUT2D eigenvalue weighted by Crippen LogP contribution is 2.25. The van der Waals surface area contributed by atoms with Gasteiger partial charge in [-0.1, -0.05) is 28.1 Å². The molecule has 0 saturated carbocycles. The number of benzene rings is 1. The van der Waals surface area contributed by atoms with Gasteiger partial charge in [0.05, 0.1) is 0 Å². The van der Waals surface area contributed by atoms with Gasteiger partial charge in [0, 0.05) is 11.0 Å². The van der Waals surface area contributed by atoms with Gasteiger partial charge in [-0.2, -0.15) is 0 Å². The Bertz CT molecular complexity index is 446. The molecule has 1 saturated heterocycles. The quantitative estimate of drug-likeness (QED) is 0.689. The van der Waals surface area contributed by atoms with Crippen LogP contribution >= 0.6 is 15.9 Å². The zero-order valence-corrected chi connectivity index (χ0v) is 9.87. The van der Waals surface area contributed by atoms with Crippen LogP contribution < -0.4 is 16.4 Å². The van der Waals surface area contributed by atoms with Gasteiger partial charge in [-0.05, 0) is 17.7 Å². The molecule has 84 valence electrons. The lowest BCUT2D eigenvalue weighted by Crippen LogP contribution is -2.49. The molecule has 0 radical (unpaired) electrons. The largest absolute Gasteiger partial charge is 0.327 e. The number of carbonyl (C=O) groups excluding carboxylic acids is 2. The maximum Gasteiger partial charge on any atom is 0.322 e. The third kappa shape index (κ3) is 1.60. The summed E-state index contributed by atoms with van der Waals surface area (Å²) in [4.78, 5) is 22.9. The number of urea groups is 1. The summed E-state index contributed by atoms with van der Waals surface area (Å²) in [6.45, 7) is 0.0200. The first kappa shape index (κ1) is 11.1. The van der Waals surface area contributed by atoms with Crippen LogP contribution in [0.1, 0.15) is 5.56 Å². The molecular weight excluding hydrogens is 274 g/mol. The fourth-order valence-corrected chi connectivity index (χ4v) is 1.96. The molecule has 6 heteroatoms. The zero-order chi connectivity index (χ0) is 11.8. The van der Waals surface area contributed by atoms with Gasteiger partial charge in [0.15, 0.2) is 5.54 Å². The van der Waals surface area contributed by atoms with Gasteiger partial charge in [-0.15, -0.1) is 0 Å². The molecule has 1 unspecified atom stereocenters. The van der Waals surface area contributed by atoms with E-state index in [9.17, 15) is 9.59 Å². The Morgan fingerprint density at radius 1 is 1.25 bits per heavy atom. The van der Waals surface area contributed by atoms with Gasteiger partial charge < -0.3 is 11.1 Å². The highest BCUT2D eigenvalue weighted by atomic mass is 79.9. The van der Waals surface area contributed by atoms with E-state index in [0.29, 0.717) is 5.56 Å². The number of carbonyl (C=O) groups is 2. The molecule has 0 spiro atoms. The van der Waals surface area contributed by atoms with Crippen LogP contribution in [0.2, 0.25) is 0 Å². The predicted molar refractivity (Wildman–Crippen MR) is 61.5 cm³/mol. The molecule has 1 heterocycles. The number of nitrogens with one attached hydrogen (secondary N) is 2. The van der Waals surface area contributed by atoms with Crippen LogP contribution in [0.15, 0.2) is 28.7 Å². The van der Waals surface area contributed by atoms with E-state index in [1.165, 1.54) is 0 Å². The van der Waals surface area contributed by atoms with Crippen LogP contribution in [0.4, 0.5) is 4.79 Å². The zero-order valence-electron chi connectivity index (χ0n) is 8.29. The Labute approximate surface area is 101 Å². The lowest BCUT2D eigenvalue weighted by atomic mass is 9.90. The average Bonchev–Trinajstić information content (AvgIpc) is 2.55. The van der Waals surface area contributed by atoms with Gasteiger partial charge in [0.2, 0.25) is 0 Å². The molecule has 1 atom stereocenters. The van der Waals surface area contributed by atoms with E-state index in [-0.39, 0.29) is 6.54 Å². The van der Waals surface area contributed by atoms with E-state index in [0.717, 1.165) is 4.47 Å². The maximum absolute atomic E-state index is 11.7. The van der Waals surface area contributed by atoms with E-state index in [2.05, 4.69) is 26.6 Å². The summed E-state index contributed by atoms with van der Waals surface area (Å²) in [5, 5.41) is 4.75. The number of amides is 3. The first-order valence-corrected chi connectivity index (χ1v) is 5.47. The molecular formula is C10H10BrN3O2. The Hall–Kier alpha value is -1.40. The van der Waals surface area contributed by atoms with E-state index in [1.807, 2.05) is 0 Å². The molecule has 16 heavy (non-hydrogen) atoms. The summed E-state index contributed by atoms with van der Waals surface area (Å²) in [5.41, 5.74) is 5.13. The minimum atomic E-state index is -1.14. The standard InChI is InChI=1S/C10H10BrN3O2/c11-7-3-1-6(2-4-7)10(5-12)8(15)13-9(16)14-10/h1-4H,5,12H2,(H2,13,14,15,16). The molecule has 4 N–H and O–H groups in total. The summed E-state index contributed by atoms with van der Waals surface area (Å²) in [5.74, 6) is -0.415. The monoisotopic (exact) mass is 283 g/mol. The second kappa shape index (κ2) is 3.88. The summed E-state index contributed by atoms with van der Waals surface area (Å²) >= 11 is 3.30. The Morgan fingerprint density at radius 3 is 2.31 bits per heavy atom. The van der Waals surface area contributed by atoms with E-state index in [1.54, 1.807) is 24.3 Å². The van der Waals surface area contributed by atoms with Crippen molar-refractivity contribution < 1.29 is 9.59 Å². The Morgan fingerprint density at radius 2 is 1.88 bits per heavy atom. The fourth-order valence-electron chi connectivity index (χ4n) is 1.69. The topological polar surface area (TPSA) is 84.2 Å². The minimum Gasteiger partial charge on any atom is -0.327 e. The van der Waals surface area contributed by atoms with Crippen molar-refractivity contribution in [1.82, 2.24) is 10.6 Å². The van der Waals surface area contributed by atoms with Crippen molar-refractivity contribution in [3.8, 4) is 0 Å². The van der Waals surface area contributed by atoms with Crippen molar-refractivity contribution >= 4 is 27.9 Å². The van der Waals surface area contributed by atoms with Gasteiger partial charge in [0.25, 0.3) is 5.91 Å². The van der Waals surface area contributed by atoms with Gasteiger partial charge in [0.1, 0.15) is 0 Å². The predicted octanol–water partition coefficient (Wildman–Crippen LogP) is 0.443. The van der Waals surface area contributed by atoms with Crippen molar-refractivity contribution in [3.63, 3.8) is 0 Å². The Balaban J connectivity index is 2.46. The van der Waals surface area contributed by atoms with Gasteiger partial charge >= 0.3 is 6.03 Å². The normalized spacial score (nSPS) is 24.1. The molecule has 0 aromatic heterocycles. The highest BCUT2D eigenvalue weighted by molar-refractivity contribution is 9.10. The summed E-state index contributed by atoms with van der Waals surface area (Å²) in [6, 6.07) is 6.58. The van der Waals surface area contributed by atoms with E-state index < -0.39 is 17.5 Å². The summed E-state index contributed by atoms with van der Waals surface area (Å²) in [7, 11) is 0. The van der Waals surface area contributed by atoms with Crippen LogP contribution in [0.25, 0.3) is 0 Å². The number of halogens is 1. The molecule has 0 bridgehead atoms. The van der Waals surface area contributed by atoms with Crippen molar-refractivity contribution in [1.29, 1.82) is 0 Å². The van der Waals surface area contributed by atoms with Crippen molar-refractivity contribution in [2.75, 3.05) is 6.54 Å². The molecule has 3 amide bonds. The smallest absolute Gasteiger partial charge is 0.322 e. The lowest BCUT2D eigenvalue weighted by Gasteiger charge is -2.24. The van der Waals surface area contributed by atoms with Crippen molar-refractivity contribution in [2.45, 2.75) is 5.54 Å².